The van der Waals surface area contributed by atoms with Crippen LogP contribution in [0.4, 0.5) is 0 Å². The highest BCUT2D eigenvalue weighted by atomic mass is 16.4. The van der Waals surface area contributed by atoms with Gasteiger partial charge in [0.25, 0.3) is 0 Å². The van der Waals surface area contributed by atoms with Gasteiger partial charge in [-0.15, -0.1) is 0 Å². The molecule has 104 valence electrons. The van der Waals surface area contributed by atoms with Gasteiger partial charge in [-0.05, 0) is 12.8 Å². The van der Waals surface area contributed by atoms with Gasteiger partial charge in [0.2, 0.25) is 11.8 Å². The van der Waals surface area contributed by atoms with Crippen LogP contribution in [0.1, 0.15) is 33.1 Å². The van der Waals surface area contributed by atoms with Crippen LogP contribution in [0.5, 0.6) is 0 Å². The van der Waals surface area contributed by atoms with Crippen LogP contribution in [0.3, 0.4) is 0 Å². The molecule has 1 atom stereocenters. The zero-order chi connectivity index (χ0) is 14.1. The molecule has 0 aromatic rings. The van der Waals surface area contributed by atoms with Crippen molar-refractivity contribution in [2.45, 2.75) is 33.1 Å². The van der Waals surface area contributed by atoms with E-state index in [0.29, 0.717) is 13.0 Å². The van der Waals surface area contributed by atoms with Gasteiger partial charge >= 0.3 is 0 Å². The van der Waals surface area contributed by atoms with Crippen molar-refractivity contribution in [1.29, 1.82) is 0 Å². The fourth-order valence-electron chi connectivity index (χ4n) is 1.60. The Balaban J connectivity index is 4.84. The van der Waals surface area contributed by atoms with Gasteiger partial charge < -0.3 is 21.6 Å². The fourth-order valence-corrected chi connectivity index (χ4v) is 1.60. The lowest BCUT2D eigenvalue weighted by Gasteiger charge is -2.25. The molecule has 0 bridgehead atoms. The first-order valence-corrected chi connectivity index (χ1v) is 6.02. The lowest BCUT2D eigenvalue weighted by atomic mass is 10.0. The molecule has 0 aliphatic heterocycles. The van der Waals surface area contributed by atoms with Crippen LogP contribution in [0.15, 0.2) is 5.16 Å². The van der Waals surface area contributed by atoms with E-state index < -0.39 is 11.8 Å². The van der Waals surface area contributed by atoms with Crippen molar-refractivity contribution in [2.24, 2.45) is 22.5 Å². The van der Waals surface area contributed by atoms with Crippen LogP contribution in [0.25, 0.3) is 0 Å². The molecule has 1 unspecified atom stereocenters. The molecule has 0 rings (SSSR count). The van der Waals surface area contributed by atoms with Crippen LogP contribution in [0.2, 0.25) is 0 Å². The molecule has 0 aromatic carbocycles. The van der Waals surface area contributed by atoms with Crippen molar-refractivity contribution in [2.75, 3.05) is 13.1 Å². The minimum absolute atomic E-state index is 0.145. The van der Waals surface area contributed by atoms with Crippen molar-refractivity contribution < 1.29 is 14.8 Å². The zero-order valence-electron chi connectivity index (χ0n) is 10.9. The summed E-state index contributed by atoms with van der Waals surface area (Å²) in [6, 6.07) is 0. The van der Waals surface area contributed by atoms with E-state index in [1.54, 1.807) is 6.92 Å². The number of carbonyl (C=O) groups excluding carboxylic acids is 2. The van der Waals surface area contributed by atoms with Gasteiger partial charge in [0.05, 0.1) is 12.5 Å². The van der Waals surface area contributed by atoms with E-state index in [0.717, 1.165) is 12.8 Å². The van der Waals surface area contributed by atoms with Gasteiger partial charge in [-0.2, -0.15) is 0 Å². The molecular weight excluding hydrogens is 236 g/mol. The second kappa shape index (κ2) is 8.32. The van der Waals surface area contributed by atoms with Gasteiger partial charge in [-0.1, -0.05) is 25.4 Å². The summed E-state index contributed by atoms with van der Waals surface area (Å²) in [6.07, 6.45) is 2.06. The summed E-state index contributed by atoms with van der Waals surface area (Å²) in [5, 5.41) is 11.5. The second-order valence-corrected chi connectivity index (χ2v) is 4.07. The standard InChI is InChI=1S/C11H22N4O3/c1-3-5-6-15(7-9(12)16)11(17)8(4-2)10(13)14-18/h8,18H,3-7H2,1-2H3,(H2,12,16)(H2,13,14). The van der Waals surface area contributed by atoms with E-state index in [9.17, 15) is 9.59 Å². The Labute approximate surface area is 107 Å². The fraction of sp³-hybridized carbons (Fsp3) is 0.727. The van der Waals surface area contributed by atoms with Crippen molar-refractivity contribution in [1.82, 2.24) is 4.90 Å². The third kappa shape index (κ3) is 5.03. The minimum atomic E-state index is -0.716. The molecule has 0 saturated carbocycles. The number of carbonyl (C=O) groups is 2. The first-order chi connectivity index (χ1) is 8.47. The summed E-state index contributed by atoms with van der Waals surface area (Å²) in [7, 11) is 0. The molecule has 0 saturated heterocycles. The van der Waals surface area contributed by atoms with Gasteiger partial charge in [-0.25, -0.2) is 0 Å². The summed E-state index contributed by atoms with van der Waals surface area (Å²) < 4.78 is 0. The summed E-state index contributed by atoms with van der Waals surface area (Å²) in [6.45, 7) is 4.03. The molecule has 2 amide bonds. The number of nitrogens with zero attached hydrogens (tertiary/aromatic N) is 2. The van der Waals surface area contributed by atoms with Crippen LogP contribution in [0, 0.1) is 5.92 Å². The number of primary amides is 1. The van der Waals surface area contributed by atoms with E-state index in [2.05, 4.69) is 5.16 Å². The number of rotatable bonds is 8. The molecule has 0 aliphatic rings. The summed E-state index contributed by atoms with van der Waals surface area (Å²) in [5.74, 6) is -1.77. The van der Waals surface area contributed by atoms with E-state index >= 15 is 0 Å². The monoisotopic (exact) mass is 258 g/mol. The molecule has 0 aliphatic carbocycles. The van der Waals surface area contributed by atoms with E-state index in [-0.39, 0.29) is 18.3 Å². The van der Waals surface area contributed by atoms with Crippen molar-refractivity contribution >= 4 is 17.6 Å². The Bertz CT molecular complexity index is 317. The lowest BCUT2D eigenvalue weighted by Crippen LogP contribution is -2.45. The highest BCUT2D eigenvalue weighted by Crippen LogP contribution is 2.09. The maximum atomic E-state index is 12.2. The van der Waals surface area contributed by atoms with E-state index in [1.807, 2.05) is 6.92 Å². The largest absolute Gasteiger partial charge is 0.409 e. The maximum absolute atomic E-state index is 12.2. The first kappa shape index (κ1) is 16.2. The van der Waals surface area contributed by atoms with Gasteiger partial charge in [0, 0.05) is 6.54 Å². The Morgan fingerprint density at radius 3 is 2.33 bits per heavy atom. The zero-order valence-corrected chi connectivity index (χ0v) is 10.9. The lowest BCUT2D eigenvalue weighted by molar-refractivity contribution is -0.137. The summed E-state index contributed by atoms with van der Waals surface area (Å²) >= 11 is 0. The van der Waals surface area contributed by atoms with Crippen LogP contribution in [-0.4, -0.2) is 40.8 Å². The third-order valence-corrected chi connectivity index (χ3v) is 2.62. The van der Waals surface area contributed by atoms with E-state index in [1.165, 1.54) is 4.90 Å². The van der Waals surface area contributed by atoms with Gasteiger partial charge in [0.15, 0.2) is 5.84 Å². The number of hydrogen-bond donors (Lipinski definition) is 3. The smallest absolute Gasteiger partial charge is 0.237 e. The number of unbranched alkanes of at least 4 members (excludes halogenated alkanes) is 1. The van der Waals surface area contributed by atoms with Crippen molar-refractivity contribution in [3.05, 3.63) is 0 Å². The number of nitrogens with two attached hydrogens (primary N) is 2. The molecule has 0 radical (unpaired) electrons. The molecule has 0 heterocycles. The average molecular weight is 258 g/mol. The molecular formula is C11H22N4O3. The number of amides is 2. The quantitative estimate of drug-likeness (QED) is 0.243. The normalized spacial score (nSPS) is 13.1. The third-order valence-electron chi connectivity index (χ3n) is 2.62. The topological polar surface area (TPSA) is 122 Å². The van der Waals surface area contributed by atoms with Crippen molar-refractivity contribution in [3.8, 4) is 0 Å². The Morgan fingerprint density at radius 2 is 1.94 bits per heavy atom. The SMILES string of the molecule is CCCCN(CC(N)=O)C(=O)C(CC)/C(N)=N/O. The molecule has 0 aromatic heterocycles. The molecule has 5 N–H and O–H groups in total. The molecule has 0 fully saturated rings. The minimum Gasteiger partial charge on any atom is -0.409 e. The molecule has 7 heteroatoms. The summed E-state index contributed by atoms with van der Waals surface area (Å²) in [4.78, 5) is 24.5. The Hall–Kier alpha value is -1.79. The first-order valence-electron chi connectivity index (χ1n) is 6.02. The molecule has 18 heavy (non-hydrogen) atoms. The van der Waals surface area contributed by atoms with Gasteiger partial charge in [0.1, 0.15) is 0 Å². The number of amidine groups is 1. The predicted octanol–water partition coefficient (Wildman–Crippen LogP) is -0.127. The van der Waals surface area contributed by atoms with E-state index in [4.69, 9.17) is 16.7 Å². The Morgan fingerprint density at radius 1 is 1.33 bits per heavy atom. The second-order valence-electron chi connectivity index (χ2n) is 4.07. The highest BCUT2D eigenvalue weighted by molar-refractivity contribution is 6.02. The van der Waals surface area contributed by atoms with Gasteiger partial charge in [-0.3, -0.25) is 9.59 Å². The summed E-state index contributed by atoms with van der Waals surface area (Å²) in [5.41, 5.74) is 10.6. The predicted molar refractivity (Wildman–Crippen MR) is 67.9 cm³/mol. The van der Waals surface area contributed by atoms with Crippen LogP contribution in [-0.2, 0) is 9.59 Å². The van der Waals surface area contributed by atoms with Crippen molar-refractivity contribution in [3.63, 3.8) is 0 Å². The Kier molecular flexibility index (Phi) is 7.50. The average Bonchev–Trinajstić information content (AvgIpc) is 2.34. The number of oxime groups is 1. The maximum Gasteiger partial charge on any atom is 0.237 e. The number of hydrogen-bond acceptors (Lipinski definition) is 4. The highest BCUT2D eigenvalue weighted by Gasteiger charge is 2.27. The van der Waals surface area contributed by atoms with Crippen LogP contribution < -0.4 is 11.5 Å². The molecule has 0 spiro atoms. The van der Waals surface area contributed by atoms with Crippen LogP contribution >= 0.6 is 0 Å². The molecule has 7 nitrogen and oxygen atoms in total.